The van der Waals surface area contributed by atoms with Crippen LogP contribution in [0.15, 0.2) is 24.3 Å². The Hall–Kier alpha value is -2.04. The Balaban J connectivity index is 2.15. The highest BCUT2D eigenvalue weighted by Gasteiger charge is 2.04. The molecule has 0 heterocycles. The molecular weight excluding hydrogens is 268 g/mol. The third kappa shape index (κ3) is 7.34. The van der Waals surface area contributed by atoms with Crippen LogP contribution in [0.5, 0.6) is 0 Å². The Bertz CT molecular complexity index is 461. The van der Waals surface area contributed by atoms with E-state index >= 15 is 0 Å². The number of nitrogens with one attached hydrogen (secondary N) is 2. The van der Waals surface area contributed by atoms with E-state index in [1.165, 1.54) is 0 Å². The van der Waals surface area contributed by atoms with Crippen LogP contribution in [0.1, 0.15) is 44.6 Å². The second kappa shape index (κ2) is 9.80. The van der Waals surface area contributed by atoms with E-state index in [2.05, 4.69) is 17.6 Å². The van der Waals surface area contributed by atoms with E-state index in [0.29, 0.717) is 13.0 Å². The first-order valence-electron chi connectivity index (χ1n) is 7.48. The standard InChI is InChI=1S/C16H24N2O3/c1-2-13-9-6-7-10-14(13)18-16(21)17-12-8-4-3-5-11-15(19)20/h6-7,9-10H,2-5,8,11-12H2,1H3,(H,19,20)(H2,17,18,21). The first kappa shape index (κ1) is 17.0. The van der Waals surface area contributed by atoms with Gasteiger partial charge >= 0.3 is 12.0 Å². The highest BCUT2D eigenvalue weighted by molar-refractivity contribution is 5.90. The van der Waals surface area contributed by atoms with Gasteiger partial charge in [0.25, 0.3) is 0 Å². The largest absolute Gasteiger partial charge is 0.481 e. The topological polar surface area (TPSA) is 78.4 Å². The molecule has 116 valence electrons. The number of anilines is 1. The zero-order chi connectivity index (χ0) is 15.5. The van der Waals surface area contributed by atoms with Crippen molar-refractivity contribution in [2.24, 2.45) is 0 Å². The number of amides is 2. The van der Waals surface area contributed by atoms with E-state index in [0.717, 1.165) is 36.9 Å². The van der Waals surface area contributed by atoms with Crippen molar-refractivity contribution in [1.82, 2.24) is 5.32 Å². The molecule has 2 amide bonds. The Morgan fingerprint density at radius 1 is 1.10 bits per heavy atom. The summed E-state index contributed by atoms with van der Waals surface area (Å²) in [5.41, 5.74) is 1.96. The summed E-state index contributed by atoms with van der Waals surface area (Å²) in [6.07, 6.45) is 4.48. The first-order chi connectivity index (χ1) is 10.1. The van der Waals surface area contributed by atoms with E-state index in [-0.39, 0.29) is 12.5 Å². The number of carbonyl (C=O) groups is 2. The molecule has 3 N–H and O–H groups in total. The van der Waals surface area contributed by atoms with Crippen molar-refractivity contribution in [3.8, 4) is 0 Å². The van der Waals surface area contributed by atoms with E-state index < -0.39 is 5.97 Å². The average Bonchev–Trinajstić information content (AvgIpc) is 2.46. The van der Waals surface area contributed by atoms with Gasteiger partial charge in [0, 0.05) is 18.7 Å². The maximum absolute atomic E-state index is 11.8. The predicted octanol–water partition coefficient (Wildman–Crippen LogP) is 3.41. The molecule has 0 aliphatic carbocycles. The highest BCUT2D eigenvalue weighted by atomic mass is 16.4. The number of rotatable bonds is 9. The van der Waals surface area contributed by atoms with Gasteiger partial charge in [-0.25, -0.2) is 4.79 Å². The molecule has 0 saturated heterocycles. The van der Waals surface area contributed by atoms with Gasteiger partial charge < -0.3 is 15.7 Å². The van der Waals surface area contributed by atoms with Crippen molar-refractivity contribution in [2.45, 2.75) is 45.4 Å². The minimum Gasteiger partial charge on any atom is -0.481 e. The summed E-state index contributed by atoms with van der Waals surface area (Å²) >= 11 is 0. The van der Waals surface area contributed by atoms with Crippen LogP contribution in [0.25, 0.3) is 0 Å². The van der Waals surface area contributed by atoms with Crippen molar-refractivity contribution >= 4 is 17.7 Å². The van der Waals surface area contributed by atoms with Crippen molar-refractivity contribution < 1.29 is 14.7 Å². The second-order valence-corrected chi connectivity index (χ2v) is 4.95. The molecule has 5 nitrogen and oxygen atoms in total. The normalized spacial score (nSPS) is 10.1. The molecule has 1 rings (SSSR count). The van der Waals surface area contributed by atoms with Crippen LogP contribution in [-0.4, -0.2) is 23.7 Å². The van der Waals surface area contributed by atoms with Crippen molar-refractivity contribution in [3.63, 3.8) is 0 Å². The van der Waals surface area contributed by atoms with Crippen LogP contribution >= 0.6 is 0 Å². The van der Waals surface area contributed by atoms with Crippen LogP contribution in [0.4, 0.5) is 10.5 Å². The van der Waals surface area contributed by atoms with Crippen molar-refractivity contribution in [2.75, 3.05) is 11.9 Å². The molecule has 1 aromatic carbocycles. The van der Waals surface area contributed by atoms with E-state index in [9.17, 15) is 9.59 Å². The fourth-order valence-corrected chi connectivity index (χ4v) is 2.07. The van der Waals surface area contributed by atoms with Crippen LogP contribution in [0.2, 0.25) is 0 Å². The molecule has 0 bridgehead atoms. The van der Waals surface area contributed by atoms with Gasteiger partial charge in [-0.2, -0.15) is 0 Å². The van der Waals surface area contributed by atoms with E-state index in [4.69, 9.17) is 5.11 Å². The summed E-state index contributed by atoms with van der Waals surface area (Å²) in [5.74, 6) is -0.748. The summed E-state index contributed by atoms with van der Waals surface area (Å²) in [6, 6.07) is 7.56. The number of para-hydroxylation sites is 1. The molecule has 0 spiro atoms. The van der Waals surface area contributed by atoms with Gasteiger partial charge in [-0.15, -0.1) is 0 Å². The molecule has 0 atom stereocenters. The lowest BCUT2D eigenvalue weighted by molar-refractivity contribution is -0.137. The fourth-order valence-electron chi connectivity index (χ4n) is 2.07. The molecule has 5 heteroatoms. The van der Waals surface area contributed by atoms with Gasteiger partial charge in [0.15, 0.2) is 0 Å². The summed E-state index contributed by atoms with van der Waals surface area (Å²) < 4.78 is 0. The smallest absolute Gasteiger partial charge is 0.319 e. The zero-order valence-corrected chi connectivity index (χ0v) is 12.5. The van der Waals surface area contributed by atoms with Crippen LogP contribution < -0.4 is 10.6 Å². The Labute approximate surface area is 125 Å². The number of aryl methyl sites for hydroxylation is 1. The van der Waals surface area contributed by atoms with Crippen LogP contribution in [0, 0.1) is 0 Å². The maximum atomic E-state index is 11.8. The Morgan fingerprint density at radius 3 is 2.52 bits per heavy atom. The monoisotopic (exact) mass is 292 g/mol. The van der Waals surface area contributed by atoms with Gasteiger partial charge in [0.2, 0.25) is 0 Å². The number of urea groups is 1. The van der Waals surface area contributed by atoms with Crippen LogP contribution in [-0.2, 0) is 11.2 Å². The number of unbranched alkanes of at least 4 members (excludes halogenated alkanes) is 3. The number of carboxylic acid groups (broad SMARTS) is 1. The lowest BCUT2D eigenvalue weighted by atomic mass is 10.1. The SMILES string of the molecule is CCc1ccccc1NC(=O)NCCCCCCC(=O)O. The molecule has 0 fully saturated rings. The molecule has 0 radical (unpaired) electrons. The van der Waals surface area contributed by atoms with Gasteiger partial charge in [-0.3, -0.25) is 4.79 Å². The van der Waals surface area contributed by atoms with Crippen molar-refractivity contribution in [3.05, 3.63) is 29.8 Å². The molecule has 0 aliphatic rings. The molecule has 0 aromatic heterocycles. The third-order valence-electron chi connectivity index (χ3n) is 3.25. The number of aliphatic carboxylic acids is 1. The predicted molar refractivity (Wildman–Crippen MR) is 83.6 cm³/mol. The lowest BCUT2D eigenvalue weighted by Crippen LogP contribution is -2.29. The van der Waals surface area contributed by atoms with Crippen LogP contribution in [0.3, 0.4) is 0 Å². The second-order valence-electron chi connectivity index (χ2n) is 4.95. The van der Waals surface area contributed by atoms with Gasteiger partial charge in [0.1, 0.15) is 0 Å². The first-order valence-corrected chi connectivity index (χ1v) is 7.48. The number of benzene rings is 1. The highest BCUT2D eigenvalue weighted by Crippen LogP contribution is 2.14. The van der Waals surface area contributed by atoms with Crippen molar-refractivity contribution in [1.29, 1.82) is 0 Å². The summed E-state index contributed by atoms with van der Waals surface area (Å²) in [7, 11) is 0. The molecule has 0 saturated carbocycles. The zero-order valence-electron chi connectivity index (χ0n) is 12.5. The average molecular weight is 292 g/mol. The van der Waals surface area contributed by atoms with Gasteiger partial charge in [-0.1, -0.05) is 38.0 Å². The summed E-state index contributed by atoms with van der Waals surface area (Å²) in [4.78, 5) is 22.1. The molecule has 1 aromatic rings. The van der Waals surface area contributed by atoms with Gasteiger partial charge in [0.05, 0.1) is 0 Å². The fraction of sp³-hybridized carbons (Fsp3) is 0.500. The van der Waals surface area contributed by atoms with E-state index in [1.54, 1.807) is 0 Å². The summed E-state index contributed by atoms with van der Waals surface area (Å²) in [6.45, 7) is 2.66. The third-order valence-corrected chi connectivity index (χ3v) is 3.25. The quantitative estimate of drug-likeness (QED) is 0.610. The number of carboxylic acids is 1. The molecule has 0 aliphatic heterocycles. The molecule has 0 unspecified atom stereocenters. The number of hydrogen-bond acceptors (Lipinski definition) is 2. The van der Waals surface area contributed by atoms with E-state index in [1.807, 2.05) is 24.3 Å². The number of carbonyl (C=O) groups excluding carboxylic acids is 1. The molecular formula is C16H24N2O3. The maximum Gasteiger partial charge on any atom is 0.319 e. The Kier molecular flexibility index (Phi) is 7.94. The lowest BCUT2D eigenvalue weighted by Gasteiger charge is -2.10. The minimum absolute atomic E-state index is 0.193. The minimum atomic E-state index is -0.748. The summed E-state index contributed by atoms with van der Waals surface area (Å²) in [5, 5.41) is 14.2. The number of hydrogen-bond donors (Lipinski definition) is 3. The Morgan fingerprint density at radius 2 is 1.81 bits per heavy atom. The molecule has 21 heavy (non-hydrogen) atoms. The van der Waals surface area contributed by atoms with Gasteiger partial charge in [-0.05, 0) is 30.9 Å².